The van der Waals surface area contributed by atoms with Crippen LogP contribution in [0.5, 0.6) is 0 Å². The summed E-state index contributed by atoms with van der Waals surface area (Å²) >= 11 is 0. The summed E-state index contributed by atoms with van der Waals surface area (Å²) in [5.41, 5.74) is 10.7. The molecule has 184 valence electrons. The number of nitrogens with one attached hydrogen (secondary N) is 1. The van der Waals surface area contributed by atoms with E-state index in [1.165, 1.54) is 17.7 Å². The van der Waals surface area contributed by atoms with Crippen LogP contribution in [0.15, 0.2) is 60.6 Å². The van der Waals surface area contributed by atoms with E-state index in [1.54, 1.807) is 35.2 Å². The van der Waals surface area contributed by atoms with Crippen molar-refractivity contribution in [2.75, 3.05) is 18.5 Å². The summed E-state index contributed by atoms with van der Waals surface area (Å²) in [6.45, 7) is 3.05. The van der Waals surface area contributed by atoms with Gasteiger partial charge in [-0.25, -0.2) is 13.8 Å². The highest BCUT2D eigenvalue weighted by atomic mass is 19.1. The summed E-state index contributed by atoms with van der Waals surface area (Å²) < 4.78 is 36.8. The molecule has 3 aromatic heterocycles. The number of hydrogen-bond acceptors (Lipinski definition) is 6. The fraction of sp³-hybridized carbons (Fsp3) is 0.296. The second-order valence-corrected chi connectivity index (χ2v) is 9.63. The van der Waals surface area contributed by atoms with Crippen molar-refractivity contribution < 1.29 is 13.5 Å². The predicted molar refractivity (Wildman–Crippen MR) is 133 cm³/mol. The molecule has 0 saturated carbocycles. The molecule has 2 atom stereocenters. The largest absolute Gasteiger partial charge is 0.380 e. The van der Waals surface area contributed by atoms with Gasteiger partial charge in [-0.1, -0.05) is 11.6 Å². The Kier molecular flexibility index (Phi) is 5.73. The molecular weight excluding hydrogens is 462 g/mol. The molecule has 4 aromatic rings. The third-order valence-corrected chi connectivity index (χ3v) is 6.98. The summed E-state index contributed by atoms with van der Waals surface area (Å²) in [4.78, 5) is 8.75. The predicted octanol–water partition coefficient (Wildman–Crippen LogP) is 5.08. The Morgan fingerprint density at radius 1 is 1.08 bits per heavy atom. The Morgan fingerprint density at radius 3 is 2.61 bits per heavy atom. The summed E-state index contributed by atoms with van der Waals surface area (Å²) in [7, 11) is 0. The topological polar surface area (TPSA) is 90.4 Å². The maximum Gasteiger partial charge on any atom is 0.229 e. The number of fused-ring (bicyclic) bond motifs is 1. The lowest BCUT2D eigenvalue weighted by molar-refractivity contribution is 0.00822. The van der Waals surface area contributed by atoms with Gasteiger partial charge in [0, 0.05) is 18.2 Å². The van der Waals surface area contributed by atoms with Gasteiger partial charge in [0.1, 0.15) is 11.6 Å². The highest BCUT2D eigenvalue weighted by Crippen LogP contribution is 2.37. The summed E-state index contributed by atoms with van der Waals surface area (Å²) in [6, 6.07) is 8.09. The number of aromatic nitrogens is 4. The molecule has 0 amide bonds. The lowest BCUT2D eigenvalue weighted by Crippen LogP contribution is -2.25. The molecule has 1 aliphatic heterocycles. The van der Waals surface area contributed by atoms with Gasteiger partial charge < -0.3 is 15.8 Å². The minimum absolute atomic E-state index is 0.00856. The lowest BCUT2D eigenvalue weighted by atomic mass is 9.82. The third-order valence-electron chi connectivity index (χ3n) is 6.98. The Morgan fingerprint density at radius 2 is 1.89 bits per heavy atom. The minimum atomic E-state index is -0.648. The Balaban J connectivity index is 1.35. The Labute approximate surface area is 207 Å². The van der Waals surface area contributed by atoms with E-state index < -0.39 is 11.6 Å². The standard InChI is InChI=1S/C27H26F2N6O/c1-15-6-17(8-19(30)7-15)21-4-5-31-12-25(21)33-27-32-11-20-2-3-24(34-35(20)27)26-22(28)9-16(10-23(26)29)18-13-36-14-18/h2-5,7,9-12,17-19H,6,8,13-14,30H2,1H3,(H,32,33). The van der Waals surface area contributed by atoms with Gasteiger partial charge in [-0.3, -0.25) is 4.98 Å². The van der Waals surface area contributed by atoms with Gasteiger partial charge in [0.05, 0.1) is 48.1 Å². The van der Waals surface area contributed by atoms with Crippen molar-refractivity contribution >= 4 is 17.2 Å². The normalized spacial score (nSPS) is 20.3. The number of rotatable bonds is 5. The number of allylic oxidation sites excluding steroid dienone is 1. The van der Waals surface area contributed by atoms with Crippen molar-refractivity contribution in [2.24, 2.45) is 5.73 Å². The van der Waals surface area contributed by atoms with Gasteiger partial charge >= 0.3 is 0 Å². The smallest absolute Gasteiger partial charge is 0.229 e. The molecule has 36 heavy (non-hydrogen) atoms. The van der Waals surface area contributed by atoms with E-state index in [-0.39, 0.29) is 29.1 Å². The van der Waals surface area contributed by atoms with E-state index in [0.717, 1.165) is 24.1 Å². The van der Waals surface area contributed by atoms with Crippen molar-refractivity contribution in [1.82, 2.24) is 19.6 Å². The van der Waals surface area contributed by atoms with Crippen LogP contribution in [0, 0.1) is 11.6 Å². The maximum atomic E-state index is 15.0. The van der Waals surface area contributed by atoms with Crippen molar-refractivity contribution in [3.63, 3.8) is 0 Å². The highest BCUT2D eigenvalue weighted by molar-refractivity contribution is 5.66. The molecule has 2 unspecified atom stereocenters. The molecule has 4 heterocycles. The Hall–Kier alpha value is -3.69. The summed E-state index contributed by atoms with van der Waals surface area (Å²) in [6.07, 6.45) is 9.04. The molecule has 1 aliphatic carbocycles. The average molecular weight is 489 g/mol. The zero-order chi connectivity index (χ0) is 24.8. The fourth-order valence-corrected chi connectivity index (χ4v) is 5.13. The second-order valence-electron chi connectivity index (χ2n) is 9.63. The van der Waals surface area contributed by atoms with Crippen LogP contribution in [-0.4, -0.2) is 38.8 Å². The second kappa shape index (κ2) is 9.07. The number of benzene rings is 1. The van der Waals surface area contributed by atoms with E-state index in [1.807, 2.05) is 6.07 Å². The van der Waals surface area contributed by atoms with Gasteiger partial charge in [-0.15, -0.1) is 0 Å². The molecule has 0 spiro atoms. The molecule has 9 heteroatoms. The third kappa shape index (κ3) is 4.14. The van der Waals surface area contributed by atoms with Crippen molar-refractivity contribution in [2.45, 2.75) is 37.6 Å². The average Bonchev–Trinajstić information content (AvgIpc) is 3.19. The molecule has 6 rings (SSSR count). The maximum absolute atomic E-state index is 15.0. The van der Waals surface area contributed by atoms with Gasteiger partial charge in [0.25, 0.3) is 0 Å². The number of imidazole rings is 1. The zero-order valence-corrected chi connectivity index (χ0v) is 19.8. The highest BCUT2D eigenvalue weighted by Gasteiger charge is 2.25. The van der Waals surface area contributed by atoms with Crippen LogP contribution in [-0.2, 0) is 4.74 Å². The van der Waals surface area contributed by atoms with Gasteiger partial charge in [0.2, 0.25) is 5.95 Å². The van der Waals surface area contributed by atoms with Gasteiger partial charge in [0.15, 0.2) is 0 Å². The van der Waals surface area contributed by atoms with Gasteiger partial charge in [-0.2, -0.15) is 9.61 Å². The van der Waals surface area contributed by atoms with Crippen molar-refractivity contribution in [1.29, 1.82) is 0 Å². The summed E-state index contributed by atoms with van der Waals surface area (Å²) in [5.74, 6) is -0.602. The van der Waals surface area contributed by atoms with Crippen molar-refractivity contribution in [3.05, 3.63) is 83.3 Å². The van der Waals surface area contributed by atoms with Crippen LogP contribution < -0.4 is 11.1 Å². The number of ether oxygens (including phenoxy) is 1. The van der Waals surface area contributed by atoms with Crippen molar-refractivity contribution in [3.8, 4) is 11.3 Å². The van der Waals surface area contributed by atoms with Crippen LogP contribution in [0.4, 0.5) is 20.4 Å². The molecular formula is C27H26F2N6O. The SMILES string of the molecule is CC1=CC(N)CC(c2ccncc2Nc2ncc3ccc(-c4c(F)cc(C5COC5)cc4F)nn23)C1. The van der Waals surface area contributed by atoms with E-state index in [0.29, 0.717) is 30.2 Å². The summed E-state index contributed by atoms with van der Waals surface area (Å²) in [5, 5.41) is 7.87. The zero-order valence-electron chi connectivity index (χ0n) is 19.8. The Bertz CT molecular complexity index is 1460. The monoisotopic (exact) mass is 488 g/mol. The van der Waals surface area contributed by atoms with E-state index >= 15 is 8.78 Å². The first-order valence-corrected chi connectivity index (χ1v) is 12.0. The molecule has 2 aliphatic rings. The van der Waals surface area contributed by atoms with Crippen LogP contribution in [0.25, 0.3) is 16.8 Å². The lowest BCUT2D eigenvalue weighted by Gasteiger charge is -2.27. The van der Waals surface area contributed by atoms with Gasteiger partial charge in [-0.05, 0) is 67.1 Å². The molecule has 7 nitrogen and oxygen atoms in total. The van der Waals surface area contributed by atoms with Crippen LogP contribution in [0.1, 0.15) is 42.7 Å². The molecule has 1 saturated heterocycles. The van der Waals surface area contributed by atoms with Crippen LogP contribution in [0.2, 0.25) is 0 Å². The first kappa shape index (κ1) is 22.8. The number of nitrogens with zero attached hydrogens (tertiary/aromatic N) is 4. The number of halogens is 2. The number of anilines is 2. The number of hydrogen-bond donors (Lipinski definition) is 2. The van der Waals surface area contributed by atoms with E-state index in [2.05, 4.69) is 33.4 Å². The molecule has 3 N–H and O–H groups in total. The fourth-order valence-electron chi connectivity index (χ4n) is 5.13. The number of pyridine rings is 1. The quantitative estimate of drug-likeness (QED) is 0.381. The molecule has 0 radical (unpaired) electrons. The first-order valence-electron chi connectivity index (χ1n) is 12.0. The van der Waals surface area contributed by atoms with Crippen LogP contribution >= 0.6 is 0 Å². The molecule has 1 fully saturated rings. The molecule has 0 bridgehead atoms. The minimum Gasteiger partial charge on any atom is -0.380 e. The number of nitrogens with two attached hydrogens (primary N) is 1. The first-order chi connectivity index (χ1) is 17.5. The van der Waals surface area contributed by atoms with E-state index in [9.17, 15) is 0 Å². The van der Waals surface area contributed by atoms with E-state index in [4.69, 9.17) is 10.5 Å². The molecule has 1 aromatic carbocycles. The van der Waals surface area contributed by atoms with Crippen LogP contribution in [0.3, 0.4) is 0 Å².